The van der Waals surface area contributed by atoms with Crippen LogP contribution in [-0.4, -0.2) is 44.0 Å². The molecule has 0 rings (SSSR count). The third-order valence-electron chi connectivity index (χ3n) is 2.16. The summed E-state index contributed by atoms with van der Waals surface area (Å²) in [5.41, 5.74) is 5.08. The zero-order valence-corrected chi connectivity index (χ0v) is 12.2. The lowest BCUT2D eigenvalue weighted by Gasteiger charge is -2.18. The first-order valence-corrected chi connectivity index (χ1v) is 5.74. The van der Waals surface area contributed by atoms with Gasteiger partial charge in [-0.25, -0.2) is 4.79 Å². The first kappa shape index (κ1) is 20.0. The fourth-order valence-corrected chi connectivity index (χ4v) is 1.32. The Morgan fingerprint density at radius 2 is 1.79 bits per heavy atom. The zero-order valence-electron chi connectivity index (χ0n) is 11.4. The van der Waals surface area contributed by atoms with Gasteiger partial charge in [0.25, 0.3) is 0 Å². The molecule has 2 amide bonds. The van der Waals surface area contributed by atoms with E-state index in [-0.39, 0.29) is 31.4 Å². The number of ether oxygens (including phenoxy) is 1. The molecular formula is C11H22ClN3O4. The number of amides is 2. The van der Waals surface area contributed by atoms with E-state index >= 15 is 0 Å². The summed E-state index contributed by atoms with van der Waals surface area (Å²) in [4.78, 5) is 33.8. The van der Waals surface area contributed by atoms with E-state index in [1.54, 1.807) is 0 Å². The number of hydrogen-bond donors (Lipinski definition) is 3. The summed E-state index contributed by atoms with van der Waals surface area (Å²) in [7, 11) is 1.26. The van der Waals surface area contributed by atoms with Gasteiger partial charge in [0, 0.05) is 0 Å². The second-order valence-electron chi connectivity index (χ2n) is 4.25. The minimum atomic E-state index is -0.697. The largest absolute Gasteiger partial charge is 0.467 e. The van der Waals surface area contributed by atoms with Gasteiger partial charge in [0.2, 0.25) is 11.8 Å². The van der Waals surface area contributed by atoms with Crippen molar-refractivity contribution in [1.29, 1.82) is 0 Å². The zero-order chi connectivity index (χ0) is 14.1. The van der Waals surface area contributed by atoms with Gasteiger partial charge in [0.1, 0.15) is 6.04 Å². The molecule has 0 bridgehead atoms. The third kappa shape index (κ3) is 9.26. The van der Waals surface area contributed by atoms with Crippen LogP contribution in [0.4, 0.5) is 0 Å². The predicted molar refractivity (Wildman–Crippen MR) is 72.7 cm³/mol. The lowest BCUT2D eigenvalue weighted by Crippen LogP contribution is -2.47. The number of nitrogens with two attached hydrogens (primary N) is 1. The fraction of sp³-hybridized carbons (Fsp3) is 0.727. The van der Waals surface area contributed by atoms with Crippen LogP contribution in [0.3, 0.4) is 0 Å². The SMILES string of the molecule is COC(=O)C(CC(C)C)NC(=O)CNC(=O)CN.Cl. The molecule has 0 fully saturated rings. The van der Waals surface area contributed by atoms with E-state index in [4.69, 9.17) is 5.73 Å². The van der Waals surface area contributed by atoms with Crippen molar-refractivity contribution in [1.82, 2.24) is 10.6 Å². The Morgan fingerprint density at radius 1 is 1.21 bits per heavy atom. The molecule has 8 heteroatoms. The Balaban J connectivity index is 0. The van der Waals surface area contributed by atoms with E-state index < -0.39 is 23.8 Å². The van der Waals surface area contributed by atoms with Crippen LogP contribution in [0.5, 0.6) is 0 Å². The van der Waals surface area contributed by atoms with Crippen molar-refractivity contribution in [2.75, 3.05) is 20.2 Å². The van der Waals surface area contributed by atoms with Gasteiger partial charge >= 0.3 is 5.97 Å². The summed E-state index contributed by atoms with van der Waals surface area (Å²) < 4.78 is 4.60. The smallest absolute Gasteiger partial charge is 0.328 e. The Kier molecular flexibility index (Phi) is 11.1. The van der Waals surface area contributed by atoms with Crippen molar-refractivity contribution in [2.24, 2.45) is 11.7 Å². The molecule has 0 radical (unpaired) electrons. The summed E-state index contributed by atoms with van der Waals surface area (Å²) in [6, 6.07) is -0.697. The quantitative estimate of drug-likeness (QED) is 0.532. The maximum atomic E-state index is 11.5. The average molecular weight is 296 g/mol. The number of carbonyl (C=O) groups is 3. The van der Waals surface area contributed by atoms with E-state index in [0.717, 1.165) is 0 Å². The van der Waals surface area contributed by atoms with Gasteiger partial charge in [-0.1, -0.05) is 13.8 Å². The molecule has 19 heavy (non-hydrogen) atoms. The van der Waals surface area contributed by atoms with Gasteiger partial charge in [-0.15, -0.1) is 12.4 Å². The van der Waals surface area contributed by atoms with Crippen molar-refractivity contribution < 1.29 is 19.1 Å². The van der Waals surface area contributed by atoms with Crippen LogP contribution in [-0.2, 0) is 19.1 Å². The van der Waals surface area contributed by atoms with Gasteiger partial charge in [-0.3, -0.25) is 9.59 Å². The molecule has 0 aromatic heterocycles. The fourth-order valence-electron chi connectivity index (χ4n) is 1.32. The first-order valence-electron chi connectivity index (χ1n) is 5.74. The second kappa shape index (κ2) is 10.6. The lowest BCUT2D eigenvalue weighted by molar-refractivity contribution is -0.145. The highest BCUT2D eigenvalue weighted by molar-refractivity contribution is 5.88. The standard InChI is InChI=1S/C11H21N3O4.ClH/c1-7(2)4-8(11(17)18-3)14-10(16)6-13-9(15)5-12;/h7-8H,4-6,12H2,1-3H3,(H,13,15)(H,14,16);1H. The van der Waals surface area contributed by atoms with Gasteiger partial charge in [-0.05, 0) is 12.3 Å². The van der Waals surface area contributed by atoms with E-state index in [0.29, 0.717) is 6.42 Å². The molecule has 1 atom stereocenters. The van der Waals surface area contributed by atoms with Crippen LogP contribution in [0.15, 0.2) is 0 Å². The van der Waals surface area contributed by atoms with E-state index in [1.165, 1.54) is 7.11 Å². The molecule has 4 N–H and O–H groups in total. The topological polar surface area (TPSA) is 111 Å². The second-order valence-corrected chi connectivity index (χ2v) is 4.25. The number of carbonyl (C=O) groups excluding carboxylic acids is 3. The van der Waals surface area contributed by atoms with Crippen LogP contribution in [0.2, 0.25) is 0 Å². The molecule has 1 unspecified atom stereocenters. The number of methoxy groups -OCH3 is 1. The molecular weight excluding hydrogens is 274 g/mol. The molecule has 0 heterocycles. The van der Waals surface area contributed by atoms with E-state index in [1.807, 2.05) is 13.8 Å². The maximum Gasteiger partial charge on any atom is 0.328 e. The highest BCUT2D eigenvalue weighted by atomic mass is 35.5. The number of rotatable bonds is 7. The number of hydrogen-bond acceptors (Lipinski definition) is 5. The number of nitrogens with one attached hydrogen (secondary N) is 2. The van der Waals surface area contributed by atoms with Gasteiger partial charge < -0.3 is 21.1 Å². The summed E-state index contributed by atoms with van der Waals surface area (Å²) >= 11 is 0. The number of halogens is 1. The molecule has 112 valence electrons. The molecule has 0 saturated heterocycles. The molecule has 0 aliphatic heterocycles. The Hall–Kier alpha value is -1.34. The van der Waals surface area contributed by atoms with Gasteiger partial charge in [0.15, 0.2) is 0 Å². The van der Waals surface area contributed by atoms with Crippen molar-refractivity contribution in [2.45, 2.75) is 26.3 Å². The predicted octanol–water partition coefficient (Wildman–Crippen LogP) is -0.813. The average Bonchev–Trinajstić information content (AvgIpc) is 2.33. The highest BCUT2D eigenvalue weighted by Gasteiger charge is 2.22. The van der Waals surface area contributed by atoms with Crippen molar-refractivity contribution in [3.05, 3.63) is 0 Å². The van der Waals surface area contributed by atoms with Crippen LogP contribution in [0, 0.1) is 5.92 Å². The van der Waals surface area contributed by atoms with Crippen molar-refractivity contribution in [3.8, 4) is 0 Å². The Bertz CT molecular complexity index is 310. The molecule has 0 aliphatic rings. The monoisotopic (exact) mass is 295 g/mol. The molecule has 0 aromatic carbocycles. The summed E-state index contributed by atoms with van der Waals surface area (Å²) in [5, 5.41) is 4.83. The Morgan fingerprint density at radius 3 is 2.21 bits per heavy atom. The molecule has 0 spiro atoms. The molecule has 0 aliphatic carbocycles. The van der Waals surface area contributed by atoms with E-state index in [9.17, 15) is 14.4 Å². The minimum absolute atomic E-state index is 0. The molecule has 0 aromatic rings. The first-order chi connectivity index (χ1) is 8.40. The molecule has 0 saturated carbocycles. The maximum absolute atomic E-state index is 11.5. The van der Waals surface area contributed by atoms with Crippen LogP contribution >= 0.6 is 12.4 Å². The highest BCUT2D eigenvalue weighted by Crippen LogP contribution is 2.05. The summed E-state index contributed by atoms with van der Waals surface area (Å²) in [5.74, 6) is -1.15. The minimum Gasteiger partial charge on any atom is -0.467 e. The Labute approximate surface area is 119 Å². The summed E-state index contributed by atoms with van der Waals surface area (Å²) in [6.07, 6.45) is 0.475. The normalized spacial score (nSPS) is 11.2. The van der Waals surface area contributed by atoms with Crippen LogP contribution in [0.25, 0.3) is 0 Å². The van der Waals surface area contributed by atoms with E-state index in [2.05, 4.69) is 15.4 Å². The van der Waals surface area contributed by atoms with Gasteiger partial charge in [-0.2, -0.15) is 0 Å². The van der Waals surface area contributed by atoms with Crippen LogP contribution in [0.1, 0.15) is 20.3 Å². The van der Waals surface area contributed by atoms with Gasteiger partial charge in [0.05, 0.1) is 20.2 Å². The lowest BCUT2D eigenvalue weighted by atomic mass is 10.0. The van der Waals surface area contributed by atoms with Crippen molar-refractivity contribution >= 4 is 30.2 Å². The molecule has 7 nitrogen and oxygen atoms in total. The third-order valence-corrected chi connectivity index (χ3v) is 2.16. The van der Waals surface area contributed by atoms with Crippen LogP contribution < -0.4 is 16.4 Å². The van der Waals surface area contributed by atoms with Crippen molar-refractivity contribution in [3.63, 3.8) is 0 Å². The number of esters is 1. The summed E-state index contributed by atoms with van der Waals surface area (Å²) in [6.45, 7) is 3.47.